The van der Waals surface area contributed by atoms with Gasteiger partial charge in [0.2, 0.25) is 5.91 Å². The lowest BCUT2D eigenvalue weighted by atomic mass is 10.0. The molecule has 0 bridgehead atoms. The van der Waals surface area contributed by atoms with Crippen molar-refractivity contribution in [2.24, 2.45) is 0 Å². The summed E-state index contributed by atoms with van der Waals surface area (Å²) in [5.41, 5.74) is 2.87. The fourth-order valence-electron chi connectivity index (χ4n) is 4.22. The number of para-hydroxylation sites is 1. The van der Waals surface area contributed by atoms with E-state index < -0.39 is 0 Å². The zero-order valence-electron chi connectivity index (χ0n) is 17.6. The van der Waals surface area contributed by atoms with Gasteiger partial charge in [-0.2, -0.15) is 0 Å². The van der Waals surface area contributed by atoms with Crippen molar-refractivity contribution in [2.75, 3.05) is 26.7 Å². The highest BCUT2D eigenvalue weighted by atomic mass is 16.2. The van der Waals surface area contributed by atoms with Crippen molar-refractivity contribution >= 4 is 16.8 Å². The number of aryl methyl sites for hydroxylation is 2. The van der Waals surface area contributed by atoms with Crippen LogP contribution in [0.15, 0.2) is 59.7 Å². The fraction of sp³-hybridized carbons (Fsp3) is 0.375. The van der Waals surface area contributed by atoms with Gasteiger partial charge in [-0.05, 0) is 37.6 Å². The first-order valence-electron chi connectivity index (χ1n) is 10.5. The van der Waals surface area contributed by atoms with E-state index in [1.54, 1.807) is 10.9 Å². The van der Waals surface area contributed by atoms with Crippen LogP contribution in [0.25, 0.3) is 10.9 Å². The highest BCUT2D eigenvalue weighted by Gasteiger charge is 2.29. The van der Waals surface area contributed by atoms with Crippen molar-refractivity contribution in [1.82, 2.24) is 19.4 Å². The smallest absolute Gasteiger partial charge is 0.261 e. The van der Waals surface area contributed by atoms with Crippen molar-refractivity contribution in [2.45, 2.75) is 32.4 Å². The molecule has 3 aromatic rings. The summed E-state index contributed by atoms with van der Waals surface area (Å²) >= 11 is 0. The standard InChI is InChI=1S/C24H28N4O2/c1-18-8-6-11-20-23(18)25-17-27(24(20)30)13-7-12-22(29)28-15-14-26(2)16-21(28)19-9-4-3-5-10-19/h3-6,8-11,17,21H,7,12-16H2,1-2H3/t21-/m1/s1. The average Bonchev–Trinajstić information content (AvgIpc) is 2.76. The Balaban J connectivity index is 1.43. The topological polar surface area (TPSA) is 58.4 Å². The number of likely N-dealkylation sites (N-methyl/N-ethyl adjacent to an activating group) is 1. The number of carbonyl (C=O) groups is 1. The molecule has 4 rings (SSSR count). The number of amides is 1. The normalized spacial score (nSPS) is 17.4. The molecular formula is C24H28N4O2. The van der Waals surface area contributed by atoms with Gasteiger partial charge in [-0.3, -0.25) is 14.2 Å². The highest BCUT2D eigenvalue weighted by Crippen LogP contribution is 2.25. The van der Waals surface area contributed by atoms with Crippen LogP contribution < -0.4 is 5.56 Å². The van der Waals surface area contributed by atoms with Crippen molar-refractivity contribution in [1.29, 1.82) is 0 Å². The highest BCUT2D eigenvalue weighted by molar-refractivity contribution is 5.80. The first kappa shape index (κ1) is 20.3. The SMILES string of the molecule is Cc1cccc2c(=O)n(CCCC(=O)N3CCN(C)C[C@@H]3c3ccccc3)cnc12. The lowest BCUT2D eigenvalue weighted by molar-refractivity contribution is -0.136. The van der Waals surface area contributed by atoms with E-state index in [0.717, 1.165) is 30.7 Å². The Morgan fingerprint density at radius 3 is 2.70 bits per heavy atom. The van der Waals surface area contributed by atoms with Gasteiger partial charge in [-0.1, -0.05) is 42.5 Å². The molecule has 0 spiro atoms. The number of hydrogen-bond acceptors (Lipinski definition) is 4. The van der Waals surface area contributed by atoms with Crippen LogP contribution in [0.3, 0.4) is 0 Å². The molecule has 30 heavy (non-hydrogen) atoms. The molecule has 2 heterocycles. The second-order valence-corrected chi connectivity index (χ2v) is 8.09. The summed E-state index contributed by atoms with van der Waals surface area (Å²) in [5, 5.41) is 0.632. The molecule has 1 aliphatic heterocycles. The number of nitrogens with zero attached hydrogens (tertiary/aromatic N) is 4. The first-order valence-corrected chi connectivity index (χ1v) is 10.5. The molecule has 156 valence electrons. The molecular weight excluding hydrogens is 376 g/mol. The Morgan fingerprint density at radius 1 is 1.10 bits per heavy atom. The van der Waals surface area contributed by atoms with Gasteiger partial charge in [-0.15, -0.1) is 0 Å². The van der Waals surface area contributed by atoms with Gasteiger partial charge in [0.25, 0.3) is 5.56 Å². The maximum Gasteiger partial charge on any atom is 0.261 e. The van der Waals surface area contributed by atoms with E-state index in [9.17, 15) is 9.59 Å². The van der Waals surface area contributed by atoms with E-state index in [4.69, 9.17) is 0 Å². The van der Waals surface area contributed by atoms with Crippen LogP contribution in [-0.2, 0) is 11.3 Å². The third-order valence-corrected chi connectivity index (χ3v) is 5.93. The molecule has 1 amide bonds. The van der Waals surface area contributed by atoms with Gasteiger partial charge >= 0.3 is 0 Å². The van der Waals surface area contributed by atoms with Crippen molar-refractivity contribution in [3.63, 3.8) is 0 Å². The lowest BCUT2D eigenvalue weighted by Gasteiger charge is -2.40. The van der Waals surface area contributed by atoms with E-state index in [2.05, 4.69) is 29.1 Å². The molecule has 6 nitrogen and oxygen atoms in total. The molecule has 1 fully saturated rings. The van der Waals surface area contributed by atoms with Crippen molar-refractivity contribution in [3.8, 4) is 0 Å². The molecule has 1 aromatic heterocycles. The molecule has 0 unspecified atom stereocenters. The van der Waals surface area contributed by atoms with E-state index >= 15 is 0 Å². The maximum absolute atomic E-state index is 13.0. The molecule has 0 radical (unpaired) electrons. The van der Waals surface area contributed by atoms with Gasteiger partial charge in [0.15, 0.2) is 0 Å². The van der Waals surface area contributed by atoms with Crippen LogP contribution in [0.1, 0.15) is 30.0 Å². The van der Waals surface area contributed by atoms with E-state index in [-0.39, 0.29) is 17.5 Å². The third-order valence-electron chi connectivity index (χ3n) is 5.93. The average molecular weight is 405 g/mol. The second kappa shape index (κ2) is 8.79. The summed E-state index contributed by atoms with van der Waals surface area (Å²) in [6, 6.07) is 15.9. The number of piperazine rings is 1. The molecule has 1 saturated heterocycles. The van der Waals surface area contributed by atoms with Crippen LogP contribution in [0, 0.1) is 6.92 Å². The minimum absolute atomic E-state index is 0.0436. The molecule has 0 N–H and O–H groups in total. The van der Waals surface area contributed by atoms with Gasteiger partial charge in [-0.25, -0.2) is 4.98 Å². The monoisotopic (exact) mass is 404 g/mol. The summed E-state index contributed by atoms with van der Waals surface area (Å²) in [6.07, 6.45) is 2.64. The Labute approximate surface area is 176 Å². The minimum atomic E-state index is -0.0436. The number of hydrogen-bond donors (Lipinski definition) is 0. The third kappa shape index (κ3) is 4.14. The molecule has 6 heteroatoms. The Morgan fingerprint density at radius 2 is 1.90 bits per heavy atom. The van der Waals surface area contributed by atoms with Gasteiger partial charge < -0.3 is 9.80 Å². The van der Waals surface area contributed by atoms with Crippen LogP contribution in [-0.4, -0.2) is 51.9 Å². The molecule has 0 aliphatic carbocycles. The van der Waals surface area contributed by atoms with E-state index in [1.807, 2.05) is 48.2 Å². The Hall–Kier alpha value is -2.99. The summed E-state index contributed by atoms with van der Waals surface area (Å²) < 4.78 is 1.62. The Bertz CT molecular complexity index is 1090. The number of benzene rings is 2. The number of carbonyl (C=O) groups excluding carboxylic acids is 1. The van der Waals surface area contributed by atoms with Crippen molar-refractivity contribution in [3.05, 3.63) is 76.3 Å². The molecule has 0 saturated carbocycles. The Kier molecular flexibility index (Phi) is 5.95. The fourth-order valence-corrected chi connectivity index (χ4v) is 4.22. The summed E-state index contributed by atoms with van der Waals surface area (Å²) in [6.45, 7) is 4.89. The first-order chi connectivity index (χ1) is 14.5. The lowest BCUT2D eigenvalue weighted by Crippen LogP contribution is -2.49. The number of rotatable bonds is 5. The second-order valence-electron chi connectivity index (χ2n) is 8.09. The summed E-state index contributed by atoms with van der Waals surface area (Å²) in [4.78, 5) is 34.5. The zero-order chi connectivity index (χ0) is 21.1. The van der Waals surface area contributed by atoms with Crippen LogP contribution in [0.5, 0.6) is 0 Å². The van der Waals surface area contributed by atoms with Crippen molar-refractivity contribution < 1.29 is 4.79 Å². The molecule has 1 atom stereocenters. The minimum Gasteiger partial charge on any atom is -0.333 e. The quantitative estimate of drug-likeness (QED) is 0.656. The van der Waals surface area contributed by atoms with E-state index in [1.165, 1.54) is 5.56 Å². The van der Waals surface area contributed by atoms with Crippen LogP contribution in [0.4, 0.5) is 0 Å². The number of aromatic nitrogens is 2. The zero-order valence-corrected chi connectivity index (χ0v) is 17.6. The van der Waals surface area contributed by atoms with Gasteiger partial charge in [0.05, 0.1) is 23.3 Å². The van der Waals surface area contributed by atoms with Crippen LogP contribution >= 0.6 is 0 Å². The summed E-state index contributed by atoms with van der Waals surface area (Å²) in [7, 11) is 2.10. The maximum atomic E-state index is 13.0. The molecule has 2 aromatic carbocycles. The summed E-state index contributed by atoms with van der Waals surface area (Å²) in [5.74, 6) is 0.148. The van der Waals surface area contributed by atoms with Gasteiger partial charge in [0, 0.05) is 32.6 Å². The predicted octanol–water partition coefficient (Wildman–Crippen LogP) is 3.00. The van der Waals surface area contributed by atoms with Crippen LogP contribution in [0.2, 0.25) is 0 Å². The molecule has 1 aliphatic rings. The predicted molar refractivity (Wildman–Crippen MR) is 118 cm³/mol. The van der Waals surface area contributed by atoms with E-state index in [0.29, 0.717) is 24.8 Å². The largest absolute Gasteiger partial charge is 0.333 e. The van der Waals surface area contributed by atoms with Gasteiger partial charge in [0.1, 0.15) is 0 Å². The number of fused-ring (bicyclic) bond motifs is 1.